The lowest BCUT2D eigenvalue weighted by Crippen LogP contribution is -2.37. The Kier molecular flexibility index (Phi) is 7.95. The molecule has 0 aliphatic rings. The fraction of sp³-hybridized carbons (Fsp3) is 0.353. The first kappa shape index (κ1) is 20.5. The van der Waals surface area contributed by atoms with Crippen LogP contribution >= 0.6 is 15.9 Å². The topological polar surface area (TPSA) is 99.9 Å². The lowest BCUT2D eigenvalue weighted by Gasteiger charge is -2.19. The summed E-state index contributed by atoms with van der Waals surface area (Å²) >= 11 is 3.19. The van der Waals surface area contributed by atoms with Crippen LogP contribution in [0.15, 0.2) is 22.7 Å². The second kappa shape index (κ2) is 9.69. The zero-order valence-corrected chi connectivity index (χ0v) is 15.7. The molecule has 0 bridgehead atoms. The summed E-state index contributed by atoms with van der Waals surface area (Å²) < 4.78 is 10.5. The van der Waals surface area contributed by atoms with E-state index in [0.29, 0.717) is 10.0 Å². The number of hydrogen-bond acceptors (Lipinski definition) is 6. The minimum Gasteiger partial charge on any atom is -0.503 e. The molecule has 8 heteroatoms. The predicted octanol–water partition coefficient (Wildman–Crippen LogP) is 2.48. The molecule has 0 saturated heterocycles. The summed E-state index contributed by atoms with van der Waals surface area (Å²) in [6.45, 7) is 1.74. The Balaban J connectivity index is 2.70. The van der Waals surface area contributed by atoms with Crippen molar-refractivity contribution in [3.05, 3.63) is 28.2 Å². The molecule has 7 nitrogen and oxygen atoms in total. The van der Waals surface area contributed by atoms with Crippen molar-refractivity contribution in [3.63, 3.8) is 0 Å². The number of methoxy groups -OCH3 is 1. The van der Waals surface area contributed by atoms with Gasteiger partial charge in [0.1, 0.15) is 0 Å². The Morgan fingerprint density at radius 2 is 2.16 bits per heavy atom. The molecule has 1 atom stereocenters. The van der Waals surface area contributed by atoms with E-state index in [4.69, 9.17) is 14.7 Å². The second-order valence-electron chi connectivity index (χ2n) is 5.13. The largest absolute Gasteiger partial charge is 0.503 e. The Labute approximate surface area is 154 Å². The van der Waals surface area contributed by atoms with Crippen LogP contribution in [0.3, 0.4) is 0 Å². The minimum atomic E-state index is -0.957. The van der Waals surface area contributed by atoms with Crippen LogP contribution < -0.4 is 4.74 Å². The first-order valence-corrected chi connectivity index (χ1v) is 8.16. The number of rotatable bonds is 7. The van der Waals surface area contributed by atoms with Gasteiger partial charge in [-0.25, -0.2) is 4.79 Å². The number of benzene rings is 1. The molecule has 1 amide bonds. The SMILES string of the molecule is COc1cc(/C=C/C(=O)O[C@@H](C)C(=O)N(C)CCC#N)cc(Br)c1O. The monoisotopic (exact) mass is 410 g/mol. The average molecular weight is 411 g/mol. The van der Waals surface area contributed by atoms with Crippen molar-refractivity contribution in [1.29, 1.82) is 5.26 Å². The average Bonchev–Trinajstić information content (AvgIpc) is 2.59. The van der Waals surface area contributed by atoms with Crippen LogP contribution in [0, 0.1) is 11.3 Å². The van der Waals surface area contributed by atoms with Crippen LogP contribution in [-0.4, -0.2) is 48.7 Å². The summed E-state index contributed by atoms with van der Waals surface area (Å²) in [5, 5.41) is 18.3. The lowest BCUT2D eigenvalue weighted by atomic mass is 10.2. The van der Waals surface area contributed by atoms with E-state index in [-0.39, 0.29) is 30.4 Å². The van der Waals surface area contributed by atoms with Gasteiger partial charge in [-0.1, -0.05) is 0 Å². The van der Waals surface area contributed by atoms with Gasteiger partial charge in [-0.3, -0.25) is 4.79 Å². The molecule has 0 radical (unpaired) electrons. The number of hydrogen-bond donors (Lipinski definition) is 1. The number of carbonyl (C=O) groups is 2. The molecule has 1 rings (SSSR count). The number of ether oxygens (including phenoxy) is 2. The van der Waals surface area contributed by atoms with Gasteiger partial charge in [0, 0.05) is 19.7 Å². The van der Waals surface area contributed by atoms with Crippen molar-refractivity contribution >= 4 is 33.9 Å². The van der Waals surface area contributed by atoms with E-state index < -0.39 is 12.1 Å². The van der Waals surface area contributed by atoms with Crippen molar-refractivity contribution in [2.45, 2.75) is 19.4 Å². The zero-order valence-electron chi connectivity index (χ0n) is 14.2. The van der Waals surface area contributed by atoms with Crippen LogP contribution in [0.25, 0.3) is 6.08 Å². The molecule has 0 aliphatic carbocycles. The van der Waals surface area contributed by atoms with E-state index >= 15 is 0 Å². The second-order valence-corrected chi connectivity index (χ2v) is 5.99. The molecule has 0 unspecified atom stereocenters. The fourth-order valence-electron chi connectivity index (χ4n) is 1.91. The number of phenols is 1. The number of nitriles is 1. The third-order valence-electron chi connectivity index (χ3n) is 3.26. The highest BCUT2D eigenvalue weighted by Crippen LogP contribution is 2.35. The maximum absolute atomic E-state index is 12.0. The highest BCUT2D eigenvalue weighted by molar-refractivity contribution is 9.10. The van der Waals surface area contributed by atoms with Crippen molar-refractivity contribution in [2.24, 2.45) is 0 Å². The van der Waals surface area contributed by atoms with E-state index in [1.807, 2.05) is 6.07 Å². The first-order valence-electron chi connectivity index (χ1n) is 7.37. The first-order chi connectivity index (χ1) is 11.8. The third-order valence-corrected chi connectivity index (χ3v) is 3.86. The summed E-state index contributed by atoms with van der Waals surface area (Å²) in [5.74, 6) is -0.851. The summed E-state index contributed by atoms with van der Waals surface area (Å²) in [7, 11) is 2.96. The molecule has 0 spiro atoms. The minimum absolute atomic E-state index is 0.0400. The predicted molar refractivity (Wildman–Crippen MR) is 94.8 cm³/mol. The molecule has 0 aliphatic heterocycles. The quantitative estimate of drug-likeness (QED) is 0.547. The van der Waals surface area contributed by atoms with Crippen LogP contribution in [0.2, 0.25) is 0 Å². The van der Waals surface area contributed by atoms with E-state index in [1.165, 1.54) is 31.1 Å². The molecular formula is C17H19BrN2O5. The van der Waals surface area contributed by atoms with Crippen molar-refractivity contribution in [1.82, 2.24) is 4.90 Å². The number of aromatic hydroxyl groups is 1. The number of halogens is 1. The van der Waals surface area contributed by atoms with Gasteiger partial charge in [0.25, 0.3) is 5.91 Å². The highest BCUT2D eigenvalue weighted by atomic mass is 79.9. The van der Waals surface area contributed by atoms with Gasteiger partial charge < -0.3 is 19.5 Å². The van der Waals surface area contributed by atoms with Crippen LogP contribution in [-0.2, 0) is 14.3 Å². The highest BCUT2D eigenvalue weighted by Gasteiger charge is 2.20. The summed E-state index contributed by atoms with van der Waals surface area (Å²) in [5.41, 5.74) is 0.601. The number of amides is 1. The van der Waals surface area contributed by atoms with Crippen molar-refractivity contribution in [2.75, 3.05) is 20.7 Å². The maximum Gasteiger partial charge on any atom is 0.331 e. The van der Waals surface area contributed by atoms with Gasteiger partial charge >= 0.3 is 5.97 Å². The molecule has 1 N–H and O–H groups in total. The summed E-state index contributed by atoms with van der Waals surface area (Å²) in [6, 6.07) is 5.10. The number of likely N-dealkylation sites (N-methyl/N-ethyl adjacent to an activating group) is 1. The lowest BCUT2D eigenvalue weighted by molar-refractivity contribution is -0.154. The van der Waals surface area contributed by atoms with E-state index in [2.05, 4.69) is 15.9 Å². The smallest absolute Gasteiger partial charge is 0.331 e. The van der Waals surface area contributed by atoms with E-state index in [9.17, 15) is 14.7 Å². The standard InChI is InChI=1S/C17H19BrN2O5/c1-11(17(23)20(2)8-4-7-19)25-15(21)6-5-12-9-13(18)16(22)14(10-12)24-3/h5-6,9-11,22H,4,8H2,1-3H3/b6-5+/t11-/m0/s1. The fourth-order valence-corrected chi connectivity index (χ4v) is 2.37. The van der Waals surface area contributed by atoms with Crippen molar-refractivity contribution < 1.29 is 24.2 Å². The van der Waals surface area contributed by atoms with Crippen LogP contribution in [0.1, 0.15) is 18.9 Å². The van der Waals surface area contributed by atoms with Gasteiger partial charge in [0.15, 0.2) is 17.6 Å². The van der Waals surface area contributed by atoms with Gasteiger partial charge in [0.05, 0.1) is 24.1 Å². The molecule has 0 aromatic heterocycles. The van der Waals surface area contributed by atoms with Gasteiger partial charge in [-0.2, -0.15) is 5.26 Å². The van der Waals surface area contributed by atoms with Gasteiger partial charge in [-0.05, 0) is 46.6 Å². The van der Waals surface area contributed by atoms with Crippen LogP contribution in [0.4, 0.5) is 0 Å². The Hall–Kier alpha value is -2.53. The maximum atomic E-state index is 12.0. The Morgan fingerprint density at radius 3 is 2.76 bits per heavy atom. The van der Waals surface area contributed by atoms with E-state index in [1.54, 1.807) is 19.2 Å². The Bertz CT molecular complexity index is 712. The third kappa shape index (κ3) is 6.12. The number of esters is 1. The summed E-state index contributed by atoms with van der Waals surface area (Å²) in [6.07, 6.45) is 1.91. The summed E-state index contributed by atoms with van der Waals surface area (Å²) in [4.78, 5) is 25.2. The number of carbonyl (C=O) groups excluding carboxylic acids is 2. The zero-order chi connectivity index (χ0) is 19.0. The molecule has 134 valence electrons. The molecule has 0 saturated carbocycles. The normalized spacial score (nSPS) is 11.6. The Morgan fingerprint density at radius 1 is 1.48 bits per heavy atom. The van der Waals surface area contributed by atoms with E-state index in [0.717, 1.165) is 0 Å². The molecular weight excluding hydrogens is 392 g/mol. The molecule has 25 heavy (non-hydrogen) atoms. The molecule has 0 fully saturated rings. The van der Waals surface area contributed by atoms with Crippen molar-refractivity contribution in [3.8, 4) is 17.6 Å². The number of phenolic OH excluding ortho intramolecular Hbond substituents is 1. The molecule has 1 aromatic rings. The van der Waals surface area contributed by atoms with Gasteiger partial charge in [0.2, 0.25) is 0 Å². The molecule has 1 aromatic carbocycles. The number of nitrogens with zero attached hydrogens (tertiary/aromatic N) is 2. The molecule has 0 heterocycles. The van der Waals surface area contributed by atoms with Gasteiger partial charge in [-0.15, -0.1) is 0 Å². The van der Waals surface area contributed by atoms with Crippen LogP contribution in [0.5, 0.6) is 11.5 Å².